The van der Waals surface area contributed by atoms with Crippen LogP contribution in [0.3, 0.4) is 0 Å². The molecule has 7 rings (SSSR count). The topological polar surface area (TPSA) is 162 Å². The number of aryl methyl sites for hydroxylation is 1. The number of benzene rings is 1. The minimum absolute atomic E-state index is 0.0651. The molecule has 3 heterocycles. The normalized spacial score (nSPS) is 31.0. The zero-order valence-electron chi connectivity index (χ0n) is 31.8. The van der Waals surface area contributed by atoms with E-state index in [9.17, 15) is 27.6 Å². The van der Waals surface area contributed by atoms with Crippen LogP contribution in [0.2, 0.25) is 0 Å². The van der Waals surface area contributed by atoms with E-state index >= 15 is 0 Å². The zero-order valence-corrected chi connectivity index (χ0v) is 32.6. The molecular formula is C41H54N4O8S. The van der Waals surface area contributed by atoms with Crippen molar-refractivity contribution in [3.8, 4) is 5.88 Å². The molecule has 2 aliphatic heterocycles. The number of hydrogen-bond donors (Lipinski definition) is 1. The van der Waals surface area contributed by atoms with Gasteiger partial charge in [-0.1, -0.05) is 51.8 Å². The second-order valence-corrected chi connectivity index (χ2v) is 19.4. The highest BCUT2D eigenvalue weighted by Gasteiger charge is 2.61. The SMILES string of the molecule is C=C[C@@H]1C[C@]1(CC(=O)[C@@H]1C[C@@H]2CN1C(=O)[C@H](C(C)(C)C)CC(=O)O[C@@H]1CCC[C@H]1CCCCCc1nc3ccccc3nc1O2)C(=O)NS(=O)(=O)C1CC1. The molecule has 0 radical (unpaired) electrons. The number of hydrogen-bond acceptors (Lipinski definition) is 10. The van der Waals surface area contributed by atoms with Crippen LogP contribution < -0.4 is 9.46 Å². The molecule has 0 spiro atoms. The van der Waals surface area contributed by atoms with Gasteiger partial charge in [-0.25, -0.2) is 18.4 Å². The maximum absolute atomic E-state index is 14.8. The van der Waals surface area contributed by atoms with Crippen molar-refractivity contribution in [2.24, 2.45) is 28.6 Å². The Morgan fingerprint density at radius 1 is 1.00 bits per heavy atom. The Morgan fingerprint density at radius 3 is 2.41 bits per heavy atom. The molecule has 4 fully saturated rings. The van der Waals surface area contributed by atoms with Crippen molar-refractivity contribution in [1.29, 1.82) is 0 Å². The lowest BCUT2D eigenvalue weighted by Crippen LogP contribution is -2.48. The van der Waals surface area contributed by atoms with Crippen molar-refractivity contribution in [3.63, 3.8) is 0 Å². The summed E-state index contributed by atoms with van der Waals surface area (Å²) < 4.78 is 40.5. The molecule has 2 amide bonds. The number of aromatic nitrogens is 2. The van der Waals surface area contributed by atoms with Gasteiger partial charge in [0, 0.05) is 12.8 Å². The first-order valence-electron chi connectivity index (χ1n) is 19.8. The average Bonchev–Trinajstić information content (AvgIpc) is 4.01. The van der Waals surface area contributed by atoms with E-state index in [4.69, 9.17) is 19.4 Å². The summed E-state index contributed by atoms with van der Waals surface area (Å²) in [6.07, 6.45) is 9.07. The van der Waals surface area contributed by atoms with Crippen molar-refractivity contribution < 1.29 is 37.1 Å². The number of ether oxygens (including phenoxy) is 2. The molecule has 2 aromatic rings. The summed E-state index contributed by atoms with van der Waals surface area (Å²) in [5.74, 6) is -2.36. The Labute approximate surface area is 318 Å². The second kappa shape index (κ2) is 15.0. The lowest BCUT2D eigenvalue weighted by Gasteiger charge is -2.35. The van der Waals surface area contributed by atoms with Crippen molar-refractivity contribution in [3.05, 3.63) is 42.6 Å². The summed E-state index contributed by atoms with van der Waals surface area (Å²) in [5, 5.41) is -0.599. The van der Waals surface area contributed by atoms with Crippen molar-refractivity contribution >= 4 is 44.6 Å². The molecule has 1 saturated heterocycles. The first-order valence-corrected chi connectivity index (χ1v) is 21.4. The summed E-state index contributed by atoms with van der Waals surface area (Å²) in [7, 11) is -3.84. The van der Waals surface area contributed by atoms with Crippen molar-refractivity contribution in [2.45, 2.75) is 134 Å². The fourth-order valence-electron chi connectivity index (χ4n) is 8.89. The first-order chi connectivity index (χ1) is 25.7. The number of ketones is 1. The van der Waals surface area contributed by atoms with Crippen LogP contribution >= 0.6 is 0 Å². The van der Waals surface area contributed by atoms with E-state index < -0.39 is 56.0 Å². The number of rotatable bonds is 7. The standard InChI is InChI=1S/C41H54N4O8S/c1-5-26-22-41(26,39(49)44-54(50,51)28-18-19-28)23-34(46)33-20-27-24-45(33)38(48)29(40(2,3)4)21-36(47)53-35-17-11-13-25(35)12-7-6-8-16-32-37(52-27)43-31-15-10-9-14-30(31)42-32/h5,9-10,14-15,25-29,33,35H,1,6-8,11-13,16-24H2,2-4H3,(H,44,49)/t25-,26-,27-,29-,33+,35-,41-/m1/s1. The molecule has 2 bridgehead atoms. The number of carbonyl (C=O) groups excluding carboxylic acids is 4. The maximum atomic E-state index is 14.8. The highest BCUT2D eigenvalue weighted by atomic mass is 32.2. The third kappa shape index (κ3) is 8.07. The number of sulfonamides is 1. The van der Waals surface area contributed by atoms with Gasteiger partial charge in [-0.2, -0.15) is 0 Å². The number of carbonyl (C=O) groups is 4. The third-order valence-electron chi connectivity index (χ3n) is 12.4. The predicted molar refractivity (Wildman–Crippen MR) is 201 cm³/mol. The number of amides is 2. The summed E-state index contributed by atoms with van der Waals surface area (Å²) >= 11 is 0. The fraction of sp³-hybridized carbons (Fsp3) is 0.659. The Morgan fingerprint density at radius 2 is 1.72 bits per heavy atom. The molecule has 1 aromatic carbocycles. The van der Waals surface area contributed by atoms with Gasteiger partial charge in [0.15, 0.2) is 5.78 Å². The number of nitrogens with one attached hydrogen (secondary N) is 1. The van der Waals surface area contributed by atoms with Crippen molar-refractivity contribution in [1.82, 2.24) is 19.6 Å². The van der Waals surface area contributed by atoms with Gasteiger partial charge in [0.2, 0.25) is 27.7 Å². The maximum Gasteiger partial charge on any atom is 0.306 e. The van der Waals surface area contributed by atoms with Crippen molar-refractivity contribution in [2.75, 3.05) is 6.54 Å². The Kier molecular flexibility index (Phi) is 10.7. The largest absolute Gasteiger partial charge is 0.471 e. The van der Waals surface area contributed by atoms with Gasteiger partial charge in [-0.3, -0.25) is 23.9 Å². The highest BCUT2D eigenvalue weighted by molar-refractivity contribution is 7.90. The minimum Gasteiger partial charge on any atom is -0.471 e. The summed E-state index contributed by atoms with van der Waals surface area (Å²) in [6, 6.07) is 6.63. The van der Waals surface area contributed by atoms with E-state index in [-0.39, 0.29) is 61.9 Å². The first kappa shape index (κ1) is 38.4. The van der Waals surface area contributed by atoms with Gasteiger partial charge < -0.3 is 14.4 Å². The number of nitrogens with zero attached hydrogens (tertiary/aromatic N) is 3. The second-order valence-electron chi connectivity index (χ2n) is 17.4. The molecule has 54 heavy (non-hydrogen) atoms. The van der Waals surface area contributed by atoms with Gasteiger partial charge in [-0.15, -0.1) is 6.58 Å². The molecule has 13 heteroatoms. The third-order valence-corrected chi connectivity index (χ3v) is 14.3. The average molecular weight is 763 g/mol. The lowest BCUT2D eigenvalue weighted by atomic mass is 9.77. The van der Waals surface area contributed by atoms with Crippen LogP contribution in [-0.4, -0.2) is 76.9 Å². The van der Waals surface area contributed by atoms with E-state index in [1.165, 1.54) is 4.90 Å². The molecule has 0 unspecified atom stereocenters. The molecule has 3 saturated carbocycles. The Bertz CT molecular complexity index is 1920. The summed E-state index contributed by atoms with van der Waals surface area (Å²) in [6.45, 7) is 9.63. The van der Waals surface area contributed by atoms with Crippen LogP contribution in [0, 0.1) is 28.6 Å². The van der Waals surface area contributed by atoms with Gasteiger partial charge in [0.05, 0.1) is 46.6 Å². The van der Waals surface area contributed by atoms with E-state index in [1.807, 2.05) is 45.0 Å². The molecular weight excluding hydrogens is 709 g/mol. The fourth-order valence-corrected chi connectivity index (χ4v) is 10.3. The predicted octanol–water partition coefficient (Wildman–Crippen LogP) is 5.62. The highest BCUT2D eigenvalue weighted by Crippen LogP contribution is 2.57. The molecule has 7 atom stereocenters. The Hall–Kier alpha value is -3.87. The quantitative estimate of drug-likeness (QED) is 0.277. The summed E-state index contributed by atoms with van der Waals surface area (Å²) in [5.41, 5.74) is 0.229. The van der Waals surface area contributed by atoms with Crippen LogP contribution in [0.5, 0.6) is 5.88 Å². The molecule has 3 aliphatic carbocycles. The number of Topliss-reactive ketones (excluding diaryl/α,β-unsaturated/α-hetero) is 1. The van der Waals surface area contributed by atoms with Crippen LogP contribution in [0.15, 0.2) is 36.9 Å². The molecule has 5 aliphatic rings. The zero-order chi connectivity index (χ0) is 38.4. The number of para-hydroxylation sites is 2. The van der Waals surface area contributed by atoms with Crippen LogP contribution in [-0.2, 0) is 40.4 Å². The minimum atomic E-state index is -3.84. The van der Waals surface area contributed by atoms with E-state index in [0.29, 0.717) is 30.7 Å². The lowest BCUT2D eigenvalue weighted by molar-refractivity contribution is -0.158. The van der Waals surface area contributed by atoms with Gasteiger partial charge in [0.1, 0.15) is 17.9 Å². The van der Waals surface area contributed by atoms with Gasteiger partial charge in [-0.05, 0) is 87.2 Å². The molecule has 1 N–H and O–H groups in total. The van der Waals surface area contributed by atoms with E-state index in [2.05, 4.69) is 11.3 Å². The number of allylic oxidation sites excluding steroid dienone is 1. The van der Waals surface area contributed by atoms with Crippen LogP contribution in [0.4, 0.5) is 0 Å². The van der Waals surface area contributed by atoms with E-state index in [1.54, 1.807) is 6.08 Å². The molecule has 12 nitrogen and oxygen atoms in total. The number of esters is 1. The monoisotopic (exact) mass is 762 g/mol. The van der Waals surface area contributed by atoms with Gasteiger partial charge >= 0.3 is 5.97 Å². The molecule has 292 valence electrons. The smallest absolute Gasteiger partial charge is 0.306 e. The van der Waals surface area contributed by atoms with Crippen LogP contribution in [0.25, 0.3) is 11.0 Å². The van der Waals surface area contributed by atoms with Gasteiger partial charge in [0.25, 0.3) is 0 Å². The number of fused-ring (bicyclic) bond motifs is 5. The Balaban J connectivity index is 1.21. The molecule has 1 aromatic heterocycles. The van der Waals surface area contributed by atoms with Crippen LogP contribution in [0.1, 0.15) is 110 Å². The van der Waals surface area contributed by atoms with E-state index in [0.717, 1.165) is 56.2 Å². The summed E-state index contributed by atoms with van der Waals surface area (Å²) in [4.78, 5) is 67.8.